The quantitative estimate of drug-likeness (QED) is 0.910. The fraction of sp³-hybridized carbons (Fsp3) is 0.188. The van der Waals surface area contributed by atoms with Gasteiger partial charge in [-0.2, -0.15) is 0 Å². The maximum absolute atomic E-state index is 13.0. The Labute approximate surface area is 117 Å². The standard InChI is InChI=1S/C16H16FN3/c1-11-2-8-14(9-3-11)20-15(10-19-16(20)18)12-4-6-13(17)7-5-12/h2-9,15H,10H2,1H3,(H2,18,19). The monoisotopic (exact) mass is 269 g/mol. The van der Waals surface area contributed by atoms with E-state index in [9.17, 15) is 4.39 Å². The van der Waals surface area contributed by atoms with E-state index in [1.165, 1.54) is 17.7 Å². The zero-order valence-electron chi connectivity index (χ0n) is 11.3. The molecule has 1 aliphatic heterocycles. The second kappa shape index (κ2) is 4.96. The number of aryl methyl sites for hydroxylation is 1. The third kappa shape index (κ3) is 2.25. The maximum Gasteiger partial charge on any atom is 0.196 e. The number of halogens is 1. The van der Waals surface area contributed by atoms with Gasteiger partial charge in [0.15, 0.2) is 5.96 Å². The fourth-order valence-corrected chi connectivity index (χ4v) is 2.45. The lowest BCUT2D eigenvalue weighted by molar-refractivity contribution is 0.625. The van der Waals surface area contributed by atoms with Crippen LogP contribution in [0.15, 0.2) is 53.5 Å². The first-order valence-corrected chi connectivity index (χ1v) is 6.56. The summed E-state index contributed by atoms with van der Waals surface area (Å²) >= 11 is 0. The second-order valence-electron chi connectivity index (χ2n) is 4.97. The Hall–Kier alpha value is -2.36. The highest BCUT2D eigenvalue weighted by Gasteiger charge is 2.28. The summed E-state index contributed by atoms with van der Waals surface area (Å²) in [4.78, 5) is 6.32. The summed E-state index contributed by atoms with van der Waals surface area (Å²) in [5.74, 6) is 0.269. The first-order chi connectivity index (χ1) is 9.65. The smallest absolute Gasteiger partial charge is 0.196 e. The maximum atomic E-state index is 13.0. The Morgan fingerprint density at radius 2 is 1.75 bits per heavy atom. The molecular weight excluding hydrogens is 253 g/mol. The van der Waals surface area contributed by atoms with Crippen LogP contribution in [0.3, 0.4) is 0 Å². The molecule has 0 radical (unpaired) electrons. The lowest BCUT2D eigenvalue weighted by Crippen LogP contribution is -2.36. The van der Waals surface area contributed by atoms with Crippen molar-refractivity contribution in [2.75, 3.05) is 11.4 Å². The lowest BCUT2D eigenvalue weighted by Gasteiger charge is -2.26. The third-order valence-corrected chi connectivity index (χ3v) is 3.55. The molecule has 1 unspecified atom stereocenters. The Bertz CT molecular complexity index is 632. The Balaban J connectivity index is 1.96. The van der Waals surface area contributed by atoms with Gasteiger partial charge in [-0.05, 0) is 36.8 Å². The summed E-state index contributed by atoms with van der Waals surface area (Å²) in [6.07, 6.45) is 0. The minimum Gasteiger partial charge on any atom is -0.369 e. The minimum absolute atomic E-state index is 0.0262. The van der Waals surface area contributed by atoms with Gasteiger partial charge >= 0.3 is 0 Å². The van der Waals surface area contributed by atoms with Crippen molar-refractivity contribution in [3.05, 3.63) is 65.5 Å². The first kappa shape index (κ1) is 12.7. The summed E-state index contributed by atoms with van der Waals surface area (Å²) in [6.45, 7) is 2.63. The van der Waals surface area contributed by atoms with Crippen LogP contribution in [0.2, 0.25) is 0 Å². The second-order valence-corrected chi connectivity index (χ2v) is 4.97. The van der Waals surface area contributed by atoms with Crippen LogP contribution in [0.5, 0.6) is 0 Å². The van der Waals surface area contributed by atoms with Gasteiger partial charge in [0, 0.05) is 5.69 Å². The normalized spacial score (nSPS) is 18.2. The van der Waals surface area contributed by atoms with Gasteiger partial charge in [0.1, 0.15) is 5.82 Å². The Morgan fingerprint density at radius 1 is 1.10 bits per heavy atom. The molecule has 0 fully saturated rings. The van der Waals surface area contributed by atoms with E-state index in [1.807, 2.05) is 36.1 Å². The van der Waals surface area contributed by atoms with Crippen LogP contribution in [-0.4, -0.2) is 12.5 Å². The minimum atomic E-state index is -0.234. The van der Waals surface area contributed by atoms with E-state index in [0.29, 0.717) is 12.5 Å². The molecular formula is C16H16FN3. The molecule has 4 heteroatoms. The third-order valence-electron chi connectivity index (χ3n) is 3.55. The SMILES string of the molecule is Cc1ccc(N2C(N)=NCC2c2ccc(F)cc2)cc1. The molecule has 102 valence electrons. The van der Waals surface area contributed by atoms with Crippen LogP contribution < -0.4 is 10.6 Å². The molecule has 1 heterocycles. The van der Waals surface area contributed by atoms with Crippen molar-refractivity contribution in [2.45, 2.75) is 13.0 Å². The number of nitrogens with two attached hydrogens (primary N) is 1. The van der Waals surface area contributed by atoms with Crippen molar-refractivity contribution < 1.29 is 4.39 Å². The number of nitrogens with zero attached hydrogens (tertiary/aromatic N) is 2. The summed E-state index contributed by atoms with van der Waals surface area (Å²) in [5.41, 5.74) is 9.22. The summed E-state index contributed by atoms with van der Waals surface area (Å²) in [6, 6.07) is 14.7. The van der Waals surface area contributed by atoms with Crippen LogP contribution >= 0.6 is 0 Å². The molecule has 2 aromatic rings. The topological polar surface area (TPSA) is 41.6 Å². The number of benzene rings is 2. The van der Waals surface area contributed by atoms with Crippen LogP contribution in [0.25, 0.3) is 0 Å². The highest BCUT2D eigenvalue weighted by Crippen LogP contribution is 2.31. The van der Waals surface area contributed by atoms with Crippen molar-refractivity contribution in [1.82, 2.24) is 0 Å². The molecule has 3 nitrogen and oxygen atoms in total. The van der Waals surface area contributed by atoms with Crippen molar-refractivity contribution in [3.63, 3.8) is 0 Å². The number of anilines is 1. The molecule has 0 aliphatic carbocycles. The summed E-state index contributed by atoms with van der Waals surface area (Å²) in [5, 5.41) is 0. The molecule has 20 heavy (non-hydrogen) atoms. The van der Waals surface area contributed by atoms with E-state index >= 15 is 0 Å². The van der Waals surface area contributed by atoms with E-state index in [-0.39, 0.29) is 11.9 Å². The molecule has 0 aromatic heterocycles. The zero-order chi connectivity index (χ0) is 14.1. The van der Waals surface area contributed by atoms with Crippen LogP contribution in [-0.2, 0) is 0 Å². The van der Waals surface area contributed by atoms with E-state index in [4.69, 9.17) is 5.73 Å². The largest absolute Gasteiger partial charge is 0.369 e. The van der Waals surface area contributed by atoms with Gasteiger partial charge in [0.2, 0.25) is 0 Å². The average Bonchev–Trinajstić information content (AvgIpc) is 2.83. The molecule has 2 aromatic carbocycles. The first-order valence-electron chi connectivity index (χ1n) is 6.56. The Kier molecular flexibility index (Phi) is 3.14. The van der Waals surface area contributed by atoms with Crippen molar-refractivity contribution >= 4 is 11.6 Å². The van der Waals surface area contributed by atoms with Crippen LogP contribution in [0, 0.1) is 12.7 Å². The lowest BCUT2D eigenvalue weighted by atomic mass is 10.1. The number of guanidine groups is 1. The highest BCUT2D eigenvalue weighted by atomic mass is 19.1. The van der Waals surface area contributed by atoms with E-state index in [0.717, 1.165) is 11.3 Å². The number of hydrogen-bond acceptors (Lipinski definition) is 3. The molecule has 3 rings (SSSR count). The molecule has 0 saturated carbocycles. The Morgan fingerprint density at radius 3 is 2.40 bits per heavy atom. The zero-order valence-corrected chi connectivity index (χ0v) is 11.3. The van der Waals surface area contributed by atoms with Gasteiger partial charge in [0.25, 0.3) is 0 Å². The van der Waals surface area contributed by atoms with Gasteiger partial charge in [-0.15, -0.1) is 0 Å². The van der Waals surface area contributed by atoms with E-state index in [2.05, 4.69) is 4.99 Å². The molecule has 0 amide bonds. The average molecular weight is 269 g/mol. The van der Waals surface area contributed by atoms with Gasteiger partial charge in [0.05, 0.1) is 12.6 Å². The summed E-state index contributed by atoms with van der Waals surface area (Å²) in [7, 11) is 0. The van der Waals surface area contributed by atoms with Crippen LogP contribution in [0.4, 0.5) is 10.1 Å². The molecule has 1 atom stereocenters. The molecule has 1 aliphatic rings. The van der Waals surface area contributed by atoms with E-state index in [1.54, 1.807) is 12.1 Å². The van der Waals surface area contributed by atoms with Gasteiger partial charge in [-0.1, -0.05) is 29.8 Å². The van der Waals surface area contributed by atoms with Crippen molar-refractivity contribution in [1.29, 1.82) is 0 Å². The van der Waals surface area contributed by atoms with Crippen molar-refractivity contribution in [2.24, 2.45) is 10.7 Å². The van der Waals surface area contributed by atoms with Gasteiger partial charge < -0.3 is 10.6 Å². The highest BCUT2D eigenvalue weighted by molar-refractivity contribution is 5.97. The predicted molar refractivity (Wildman–Crippen MR) is 79.3 cm³/mol. The number of rotatable bonds is 2. The molecule has 0 bridgehead atoms. The van der Waals surface area contributed by atoms with Crippen LogP contribution in [0.1, 0.15) is 17.2 Å². The van der Waals surface area contributed by atoms with Crippen molar-refractivity contribution in [3.8, 4) is 0 Å². The fourth-order valence-electron chi connectivity index (χ4n) is 2.45. The number of hydrogen-bond donors (Lipinski definition) is 1. The molecule has 0 saturated heterocycles. The van der Waals surface area contributed by atoms with E-state index < -0.39 is 0 Å². The van der Waals surface area contributed by atoms with Gasteiger partial charge in [-0.25, -0.2) is 4.39 Å². The molecule has 0 spiro atoms. The summed E-state index contributed by atoms with van der Waals surface area (Å²) < 4.78 is 13.0. The van der Waals surface area contributed by atoms with Gasteiger partial charge in [-0.3, -0.25) is 4.99 Å². The number of aliphatic imine (C=N–C) groups is 1. The molecule has 2 N–H and O–H groups in total. The predicted octanol–water partition coefficient (Wildman–Crippen LogP) is 3.01.